The minimum atomic E-state index is -3.56. The van der Waals surface area contributed by atoms with Crippen LogP contribution in [0, 0.1) is 0 Å². The third-order valence-corrected chi connectivity index (χ3v) is 6.86. The Hall–Kier alpha value is -1.86. The van der Waals surface area contributed by atoms with E-state index in [1.807, 2.05) is 6.92 Å². The number of anilines is 1. The molecule has 0 saturated carbocycles. The minimum absolute atomic E-state index is 0.115. The zero-order valence-corrected chi connectivity index (χ0v) is 15.7. The molecule has 5 nitrogen and oxygen atoms in total. The molecular weight excluding hydrogens is 344 g/mol. The Labute approximate surface area is 147 Å². The highest BCUT2D eigenvalue weighted by Crippen LogP contribution is 2.25. The first-order chi connectivity index (χ1) is 11.4. The van der Waals surface area contributed by atoms with Crippen molar-refractivity contribution in [2.45, 2.75) is 36.9 Å². The number of carbonyl (C=O) groups excluding carboxylic acids is 1. The lowest BCUT2D eigenvalue weighted by Crippen LogP contribution is -2.32. The summed E-state index contributed by atoms with van der Waals surface area (Å²) in [5.41, 5.74) is 1.03. The van der Waals surface area contributed by atoms with Crippen LogP contribution in [0.2, 0.25) is 0 Å². The average Bonchev–Trinajstić information content (AvgIpc) is 3.09. The fourth-order valence-electron chi connectivity index (χ4n) is 2.32. The molecule has 1 unspecified atom stereocenters. The van der Waals surface area contributed by atoms with Gasteiger partial charge in [0.1, 0.15) is 4.21 Å². The van der Waals surface area contributed by atoms with Crippen molar-refractivity contribution in [1.29, 1.82) is 0 Å². The van der Waals surface area contributed by atoms with Crippen molar-refractivity contribution in [3.05, 3.63) is 47.3 Å². The van der Waals surface area contributed by atoms with Crippen molar-refractivity contribution in [3.63, 3.8) is 0 Å². The highest BCUT2D eigenvalue weighted by molar-refractivity contribution is 7.94. The summed E-state index contributed by atoms with van der Waals surface area (Å²) in [6.45, 7) is 4.04. The number of nitrogens with zero attached hydrogens (tertiary/aromatic N) is 1. The normalized spacial score (nSPS) is 12.6. The summed E-state index contributed by atoms with van der Waals surface area (Å²) in [6, 6.07) is 9.97. The van der Waals surface area contributed by atoms with Crippen LogP contribution in [-0.2, 0) is 10.0 Å². The second kappa shape index (κ2) is 7.81. The van der Waals surface area contributed by atoms with E-state index in [0.717, 1.165) is 12.8 Å². The van der Waals surface area contributed by atoms with Crippen LogP contribution in [0.15, 0.2) is 46.0 Å². The van der Waals surface area contributed by atoms with Crippen LogP contribution in [0.5, 0.6) is 0 Å². The largest absolute Gasteiger partial charge is 0.350 e. The van der Waals surface area contributed by atoms with E-state index >= 15 is 0 Å². The number of hydrogen-bond donors (Lipinski definition) is 1. The van der Waals surface area contributed by atoms with E-state index < -0.39 is 10.0 Å². The smallest absolute Gasteiger partial charge is 0.273 e. The van der Waals surface area contributed by atoms with E-state index in [2.05, 4.69) is 12.2 Å². The molecule has 1 N–H and O–H groups in total. The summed E-state index contributed by atoms with van der Waals surface area (Å²) in [5.74, 6) is -0.147. The molecule has 1 atom stereocenters. The van der Waals surface area contributed by atoms with E-state index in [-0.39, 0.29) is 11.9 Å². The molecule has 0 bridgehead atoms. The molecule has 24 heavy (non-hydrogen) atoms. The molecular formula is C17H22N2O3S2. The third kappa shape index (κ3) is 4.15. The van der Waals surface area contributed by atoms with Crippen molar-refractivity contribution in [1.82, 2.24) is 5.32 Å². The average molecular weight is 367 g/mol. The van der Waals surface area contributed by atoms with Gasteiger partial charge in [0.15, 0.2) is 0 Å². The van der Waals surface area contributed by atoms with Gasteiger partial charge in [-0.3, -0.25) is 9.10 Å². The lowest BCUT2D eigenvalue weighted by molar-refractivity contribution is 0.0938. The third-order valence-electron chi connectivity index (χ3n) is 3.70. The van der Waals surface area contributed by atoms with Crippen molar-refractivity contribution in [2.75, 3.05) is 11.4 Å². The Morgan fingerprint density at radius 3 is 2.46 bits per heavy atom. The molecule has 0 saturated heterocycles. The maximum Gasteiger partial charge on any atom is 0.273 e. The van der Waals surface area contributed by atoms with Gasteiger partial charge >= 0.3 is 0 Å². The monoisotopic (exact) mass is 366 g/mol. The molecule has 1 amide bonds. The molecule has 0 radical (unpaired) electrons. The van der Waals surface area contributed by atoms with Crippen LogP contribution in [0.25, 0.3) is 0 Å². The molecule has 0 aliphatic rings. The molecule has 1 heterocycles. The zero-order valence-electron chi connectivity index (χ0n) is 14.0. The van der Waals surface area contributed by atoms with Gasteiger partial charge in [0.25, 0.3) is 15.9 Å². The molecule has 0 aliphatic heterocycles. The lowest BCUT2D eigenvalue weighted by atomic mass is 10.1. The van der Waals surface area contributed by atoms with E-state index in [9.17, 15) is 13.2 Å². The Balaban J connectivity index is 2.13. The van der Waals surface area contributed by atoms with Crippen LogP contribution in [0.3, 0.4) is 0 Å². The van der Waals surface area contributed by atoms with Gasteiger partial charge in [-0.15, -0.1) is 11.3 Å². The number of thiophene rings is 1. The Kier molecular flexibility index (Phi) is 6.01. The van der Waals surface area contributed by atoms with Gasteiger partial charge in [0, 0.05) is 18.7 Å². The van der Waals surface area contributed by atoms with Gasteiger partial charge in [0.2, 0.25) is 0 Å². The fourth-order valence-corrected chi connectivity index (χ4v) is 4.68. The first kappa shape index (κ1) is 18.5. The van der Waals surface area contributed by atoms with Crippen molar-refractivity contribution in [3.8, 4) is 0 Å². The number of carbonyl (C=O) groups is 1. The summed E-state index contributed by atoms with van der Waals surface area (Å²) >= 11 is 1.18. The van der Waals surface area contributed by atoms with Crippen LogP contribution < -0.4 is 9.62 Å². The van der Waals surface area contributed by atoms with E-state index in [4.69, 9.17) is 0 Å². The second-order valence-electron chi connectivity index (χ2n) is 5.61. The number of benzene rings is 1. The fraction of sp³-hybridized carbons (Fsp3) is 0.353. The molecule has 130 valence electrons. The van der Waals surface area contributed by atoms with Crippen LogP contribution in [-0.4, -0.2) is 27.4 Å². The number of hydrogen-bond acceptors (Lipinski definition) is 4. The predicted octanol–water partition coefficient (Wildman–Crippen LogP) is 3.49. The molecule has 7 heteroatoms. The Morgan fingerprint density at radius 2 is 1.92 bits per heavy atom. The SMILES string of the molecule is CCCC(C)NC(=O)c1ccc(N(C)S(=O)(=O)c2cccs2)cc1. The second-order valence-corrected chi connectivity index (χ2v) is 8.76. The number of amides is 1. The van der Waals surface area contributed by atoms with Crippen LogP contribution >= 0.6 is 11.3 Å². The summed E-state index contributed by atoms with van der Waals surface area (Å²) in [7, 11) is -2.05. The Bertz CT molecular complexity index is 769. The topological polar surface area (TPSA) is 66.5 Å². The lowest BCUT2D eigenvalue weighted by Gasteiger charge is -2.19. The van der Waals surface area contributed by atoms with Crippen molar-refractivity contribution >= 4 is 33.0 Å². The predicted molar refractivity (Wildman–Crippen MR) is 98.2 cm³/mol. The zero-order chi connectivity index (χ0) is 17.7. The van der Waals surface area contributed by atoms with Gasteiger partial charge in [-0.2, -0.15) is 0 Å². The molecule has 2 aromatic rings. The van der Waals surface area contributed by atoms with Gasteiger partial charge in [-0.25, -0.2) is 8.42 Å². The maximum atomic E-state index is 12.5. The summed E-state index contributed by atoms with van der Waals surface area (Å²) in [6.07, 6.45) is 1.93. The Morgan fingerprint density at radius 1 is 1.25 bits per heavy atom. The van der Waals surface area contributed by atoms with E-state index in [1.165, 1.54) is 22.7 Å². The molecule has 0 fully saturated rings. The maximum absolute atomic E-state index is 12.5. The molecule has 2 rings (SSSR count). The highest BCUT2D eigenvalue weighted by atomic mass is 32.2. The quantitative estimate of drug-likeness (QED) is 0.816. The van der Waals surface area contributed by atoms with Crippen molar-refractivity contribution in [2.24, 2.45) is 0 Å². The first-order valence-corrected chi connectivity index (χ1v) is 10.1. The van der Waals surface area contributed by atoms with E-state index in [0.29, 0.717) is 15.5 Å². The van der Waals surface area contributed by atoms with Crippen LogP contribution in [0.1, 0.15) is 37.0 Å². The van der Waals surface area contributed by atoms with Gasteiger partial charge in [-0.1, -0.05) is 19.4 Å². The van der Waals surface area contributed by atoms with Gasteiger partial charge < -0.3 is 5.32 Å². The van der Waals surface area contributed by atoms with E-state index in [1.54, 1.807) is 41.8 Å². The van der Waals surface area contributed by atoms with Gasteiger partial charge in [0.05, 0.1) is 5.69 Å². The molecule has 0 spiro atoms. The molecule has 0 aliphatic carbocycles. The number of rotatable bonds is 7. The highest BCUT2D eigenvalue weighted by Gasteiger charge is 2.22. The minimum Gasteiger partial charge on any atom is -0.350 e. The summed E-state index contributed by atoms with van der Waals surface area (Å²) in [4.78, 5) is 12.2. The van der Waals surface area contributed by atoms with Crippen molar-refractivity contribution < 1.29 is 13.2 Å². The molecule has 1 aromatic heterocycles. The standard InChI is InChI=1S/C17H22N2O3S2/c1-4-6-13(2)18-17(20)14-8-10-15(11-9-14)19(3)24(21,22)16-7-5-12-23-16/h5,7-13H,4,6H2,1-3H3,(H,18,20). The number of sulfonamides is 1. The first-order valence-electron chi connectivity index (χ1n) is 7.79. The van der Waals surface area contributed by atoms with Crippen LogP contribution in [0.4, 0.5) is 5.69 Å². The summed E-state index contributed by atoms with van der Waals surface area (Å²) < 4.78 is 26.5. The summed E-state index contributed by atoms with van der Waals surface area (Å²) in [5, 5.41) is 4.66. The van der Waals surface area contributed by atoms with Gasteiger partial charge in [-0.05, 0) is 49.1 Å². The molecule has 1 aromatic carbocycles. The number of nitrogens with one attached hydrogen (secondary N) is 1.